The van der Waals surface area contributed by atoms with Crippen LogP contribution in [0.1, 0.15) is 11.1 Å². The quantitative estimate of drug-likeness (QED) is 0.660. The molecule has 0 unspecified atom stereocenters. The Bertz CT molecular complexity index is 740. The van der Waals surface area contributed by atoms with Crippen LogP contribution in [0.4, 0.5) is 0 Å². The van der Waals surface area contributed by atoms with Crippen LogP contribution in [0.25, 0.3) is 0 Å². The second-order valence-corrected chi connectivity index (χ2v) is 6.30. The predicted octanol–water partition coefficient (Wildman–Crippen LogP) is 4.38. The van der Waals surface area contributed by atoms with Crippen molar-refractivity contribution in [1.82, 2.24) is 0 Å². The van der Waals surface area contributed by atoms with Gasteiger partial charge in [-0.1, -0.05) is 23.2 Å². The number of carbonyl (C=O) groups is 1. The van der Waals surface area contributed by atoms with Gasteiger partial charge in [-0.2, -0.15) is 0 Å². The summed E-state index contributed by atoms with van der Waals surface area (Å²) in [5.74, 6) is 2.01. The van der Waals surface area contributed by atoms with Crippen molar-refractivity contribution in [1.29, 1.82) is 0 Å². The first kappa shape index (κ1) is 20.2. The molecule has 0 spiro atoms. The zero-order valence-corrected chi connectivity index (χ0v) is 16.5. The van der Waals surface area contributed by atoms with E-state index >= 15 is 0 Å². The number of methoxy groups -OCH3 is 4. The minimum absolute atomic E-state index is 0.0321. The van der Waals surface area contributed by atoms with Crippen molar-refractivity contribution in [3.8, 4) is 23.0 Å². The van der Waals surface area contributed by atoms with Gasteiger partial charge in [0.15, 0.2) is 0 Å². The molecule has 0 fully saturated rings. The zero-order chi connectivity index (χ0) is 19.3. The molecule has 2 rings (SSSR count). The molecule has 7 heteroatoms. The Morgan fingerprint density at radius 1 is 0.692 bits per heavy atom. The number of ether oxygens (including phenoxy) is 4. The van der Waals surface area contributed by atoms with E-state index < -0.39 is 0 Å². The first-order chi connectivity index (χ1) is 12.4. The van der Waals surface area contributed by atoms with Gasteiger partial charge >= 0.3 is 0 Å². The molecule has 0 bridgehead atoms. The van der Waals surface area contributed by atoms with E-state index in [1.807, 2.05) is 0 Å². The Labute approximate surface area is 162 Å². The molecule has 0 aromatic heterocycles. The smallest absolute Gasteiger partial charge is 0.141 e. The van der Waals surface area contributed by atoms with E-state index in [-0.39, 0.29) is 18.6 Å². The van der Waals surface area contributed by atoms with Gasteiger partial charge in [0, 0.05) is 36.1 Å². The lowest BCUT2D eigenvalue weighted by atomic mass is 10.0. The lowest BCUT2D eigenvalue weighted by Crippen LogP contribution is -2.09. The van der Waals surface area contributed by atoms with Crippen LogP contribution in [0.2, 0.25) is 10.0 Å². The van der Waals surface area contributed by atoms with E-state index in [9.17, 15) is 4.79 Å². The van der Waals surface area contributed by atoms with E-state index in [0.29, 0.717) is 44.2 Å². The molecule has 2 aromatic carbocycles. The Hall–Kier alpha value is -2.11. The van der Waals surface area contributed by atoms with E-state index in [4.69, 9.17) is 42.1 Å². The molecule has 0 saturated carbocycles. The molecular weight excluding hydrogens is 379 g/mol. The highest BCUT2D eigenvalue weighted by molar-refractivity contribution is 6.32. The molecule has 0 saturated heterocycles. The maximum Gasteiger partial charge on any atom is 0.141 e. The fourth-order valence-corrected chi connectivity index (χ4v) is 3.07. The summed E-state index contributed by atoms with van der Waals surface area (Å²) in [4.78, 5) is 12.6. The SMILES string of the molecule is COc1cc(CC(=O)Cc2cc(OC)c(Cl)cc2OC)c(OC)cc1Cl. The number of rotatable bonds is 8. The first-order valence-corrected chi connectivity index (χ1v) is 8.51. The van der Waals surface area contributed by atoms with Crippen molar-refractivity contribution in [3.05, 3.63) is 45.4 Å². The Balaban J connectivity index is 2.27. The average molecular weight is 399 g/mol. The molecular formula is C19H20Cl2O5. The van der Waals surface area contributed by atoms with Crippen LogP contribution in [-0.2, 0) is 17.6 Å². The largest absolute Gasteiger partial charge is 0.496 e. The summed E-state index contributed by atoms with van der Waals surface area (Å²) in [5, 5.41) is 0.842. The molecule has 2 aromatic rings. The van der Waals surface area contributed by atoms with Crippen molar-refractivity contribution in [2.75, 3.05) is 28.4 Å². The van der Waals surface area contributed by atoms with Gasteiger partial charge in [0.05, 0.1) is 38.5 Å². The molecule has 26 heavy (non-hydrogen) atoms. The molecule has 0 heterocycles. The molecule has 0 radical (unpaired) electrons. The molecule has 0 aliphatic rings. The zero-order valence-electron chi connectivity index (χ0n) is 15.0. The fourth-order valence-electron chi connectivity index (χ4n) is 2.61. The third-order valence-corrected chi connectivity index (χ3v) is 4.48. The van der Waals surface area contributed by atoms with Crippen LogP contribution in [0.15, 0.2) is 24.3 Å². The van der Waals surface area contributed by atoms with Crippen molar-refractivity contribution in [3.63, 3.8) is 0 Å². The van der Waals surface area contributed by atoms with Gasteiger partial charge in [-0.05, 0) is 12.1 Å². The summed E-state index contributed by atoms with van der Waals surface area (Å²) in [6.07, 6.45) is 0.315. The number of carbonyl (C=O) groups excluding carboxylic acids is 1. The van der Waals surface area contributed by atoms with E-state index in [1.54, 1.807) is 24.3 Å². The topological polar surface area (TPSA) is 54.0 Å². The van der Waals surface area contributed by atoms with Gasteiger partial charge in [0.1, 0.15) is 28.8 Å². The first-order valence-electron chi connectivity index (χ1n) is 7.76. The summed E-state index contributed by atoms with van der Waals surface area (Å²) < 4.78 is 21.1. The second-order valence-electron chi connectivity index (χ2n) is 5.49. The van der Waals surface area contributed by atoms with Gasteiger partial charge in [0.25, 0.3) is 0 Å². The van der Waals surface area contributed by atoms with Gasteiger partial charge in [-0.25, -0.2) is 0 Å². The Morgan fingerprint density at radius 2 is 1.04 bits per heavy atom. The highest BCUT2D eigenvalue weighted by atomic mass is 35.5. The lowest BCUT2D eigenvalue weighted by Gasteiger charge is -2.13. The molecule has 0 aliphatic heterocycles. The van der Waals surface area contributed by atoms with Crippen molar-refractivity contribution < 1.29 is 23.7 Å². The second kappa shape index (κ2) is 9.01. The summed E-state index contributed by atoms with van der Waals surface area (Å²) in [6.45, 7) is 0. The van der Waals surface area contributed by atoms with Gasteiger partial charge < -0.3 is 18.9 Å². The van der Waals surface area contributed by atoms with Crippen LogP contribution >= 0.6 is 23.2 Å². The Kier molecular flexibility index (Phi) is 7.00. The number of hydrogen-bond donors (Lipinski definition) is 0. The highest BCUT2D eigenvalue weighted by Gasteiger charge is 2.17. The number of Topliss-reactive ketones (excluding diaryl/α,β-unsaturated/α-hetero) is 1. The predicted molar refractivity (Wildman–Crippen MR) is 102 cm³/mol. The number of benzene rings is 2. The standard InChI is InChI=1S/C19H20Cl2O5/c1-23-16-9-14(20)18(25-3)7-11(16)5-13(22)6-12-8-19(26-4)15(21)10-17(12)24-2/h7-10H,5-6H2,1-4H3. The monoisotopic (exact) mass is 398 g/mol. The summed E-state index contributed by atoms with van der Waals surface area (Å²) in [7, 11) is 6.09. The molecule has 0 aliphatic carbocycles. The number of ketones is 1. The Morgan fingerprint density at radius 3 is 1.35 bits per heavy atom. The molecule has 0 N–H and O–H groups in total. The van der Waals surface area contributed by atoms with Crippen molar-refractivity contribution in [2.45, 2.75) is 12.8 Å². The van der Waals surface area contributed by atoms with Gasteiger partial charge in [-0.3, -0.25) is 4.79 Å². The highest BCUT2D eigenvalue weighted by Crippen LogP contribution is 2.35. The van der Waals surface area contributed by atoms with E-state index in [2.05, 4.69) is 0 Å². The van der Waals surface area contributed by atoms with Crippen LogP contribution in [0.5, 0.6) is 23.0 Å². The number of halogens is 2. The fraction of sp³-hybridized carbons (Fsp3) is 0.316. The van der Waals surface area contributed by atoms with Gasteiger partial charge in [-0.15, -0.1) is 0 Å². The molecule has 5 nitrogen and oxygen atoms in total. The third kappa shape index (κ3) is 4.54. The van der Waals surface area contributed by atoms with E-state index in [1.165, 1.54) is 28.4 Å². The van der Waals surface area contributed by atoms with Crippen molar-refractivity contribution in [2.24, 2.45) is 0 Å². The molecule has 140 valence electrons. The van der Waals surface area contributed by atoms with Crippen molar-refractivity contribution >= 4 is 29.0 Å². The summed E-state index contributed by atoms with van der Waals surface area (Å²) in [6, 6.07) is 6.68. The molecule has 0 atom stereocenters. The third-order valence-electron chi connectivity index (χ3n) is 3.88. The molecule has 0 amide bonds. The summed E-state index contributed by atoms with van der Waals surface area (Å²) >= 11 is 12.2. The van der Waals surface area contributed by atoms with Crippen LogP contribution < -0.4 is 18.9 Å². The van der Waals surface area contributed by atoms with E-state index in [0.717, 1.165) is 0 Å². The maximum absolute atomic E-state index is 12.6. The lowest BCUT2D eigenvalue weighted by molar-refractivity contribution is -0.117. The minimum atomic E-state index is -0.0321. The number of hydrogen-bond acceptors (Lipinski definition) is 5. The normalized spacial score (nSPS) is 10.4. The van der Waals surface area contributed by atoms with Crippen LogP contribution in [-0.4, -0.2) is 34.2 Å². The average Bonchev–Trinajstić information content (AvgIpc) is 2.63. The van der Waals surface area contributed by atoms with Gasteiger partial charge in [0.2, 0.25) is 0 Å². The maximum atomic E-state index is 12.6. The van der Waals surface area contributed by atoms with Crippen LogP contribution in [0.3, 0.4) is 0 Å². The van der Waals surface area contributed by atoms with Crippen LogP contribution in [0, 0.1) is 0 Å². The minimum Gasteiger partial charge on any atom is -0.496 e. The summed E-state index contributed by atoms with van der Waals surface area (Å²) in [5.41, 5.74) is 1.39.